The summed E-state index contributed by atoms with van der Waals surface area (Å²) in [6.07, 6.45) is 7.10. The summed E-state index contributed by atoms with van der Waals surface area (Å²) < 4.78 is 6.77. The van der Waals surface area contributed by atoms with Gasteiger partial charge in [-0.2, -0.15) is 5.10 Å². The molecule has 24 heavy (non-hydrogen) atoms. The van der Waals surface area contributed by atoms with Crippen molar-refractivity contribution in [2.75, 3.05) is 38.7 Å². The predicted octanol–water partition coefficient (Wildman–Crippen LogP) is 2.16. The van der Waals surface area contributed by atoms with Crippen molar-refractivity contribution in [1.29, 1.82) is 0 Å². The Morgan fingerprint density at radius 3 is 2.79 bits per heavy atom. The lowest BCUT2D eigenvalue weighted by Gasteiger charge is -2.29. The molecular weight excluding hydrogens is 306 g/mol. The molecule has 0 saturated carbocycles. The summed E-state index contributed by atoms with van der Waals surface area (Å²) >= 11 is 0. The van der Waals surface area contributed by atoms with Crippen LogP contribution in [0.4, 0.5) is 10.5 Å². The Balaban J connectivity index is 1.78. The molecule has 0 aliphatic carbocycles. The Bertz CT molecular complexity index is 497. The molecule has 7 heteroatoms. The second kappa shape index (κ2) is 9.64. The standard InChI is InChI=1S/C17H31N5O2/c1-14(2)10-16(21-6-4-5-7-21)12-18-17(23)20-15-11-19-22(13-15)8-9-24-3/h11,13-14,16H,4-10,12H2,1-3H3,(H2,18,20,23)/t16-/m1/s1. The van der Waals surface area contributed by atoms with E-state index in [-0.39, 0.29) is 6.03 Å². The lowest BCUT2D eigenvalue weighted by Crippen LogP contribution is -2.44. The maximum atomic E-state index is 12.1. The number of methoxy groups -OCH3 is 1. The van der Waals surface area contributed by atoms with Gasteiger partial charge in [0.2, 0.25) is 0 Å². The van der Waals surface area contributed by atoms with Crippen molar-refractivity contribution in [2.24, 2.45) is 5.92 Å². The van der Waals surface area contributed by atoms with E-state index in [9.17, 15) is 4.79 Å². The summed E-state index contributed by atoms with van der Waals surface area (Å²) in [5.41, 5.74) is 0.699. The van der Waals surface area contributed by atoms with E-state index in [4.69, 9.17) is 4.74 Å². The van der Waals surface area contributed by atoms with Crippen molar-refractivity contribution in [1.82, 2.24) is 20.0 Å². The van der Waals surface area contributed by atoms with Gasteiger partial charge in [-0.1, -0.05) is 13.8 Å². The number of hydrogen-bond acceptors (Lipinski definition) is 4. The van der Waals surface area contributed by atoms with Gasteiger partial charge in [-0.15, -0.1) is 0 Å². The van der Waals surface area contributed by atoms with Gasteiger partial charge in [0.05, 0.1) is 25.0 Å². The fourth-order valence-corrected chi connectivity index (χ4v) is 3.13. The Morgan fingerprint density at radius 2 is 2.12 bits per heavy atom. The summed E-state index contributed by atoms with van der Waals surface area (Å²) in [6.45, 7) is 8.71. The quantitative estimate of drug-likeness (QED) is 0.724. The van der Waals surface area contributed by atoms with Crippen LogP contribution in [0, 0.1) is 5.92 Å². The van der Waals surface area contributed by atoms with Crippen LogP contribution < -0.4 is 10.6 Å². The molecule has 1 aromatic rings. The summed E-state index contributed by atoms with van der Waals surface area (Å²) in [5, 5.41) is 10.0. The maximum Gasteiger partial charge on any atom is 0.319 e. The highest BCUT2D eigenvalue weighted by Gasteiger charge is 2.23. The SMILES string of the molecule is COCCn1cc(NC(=O)NC[C@@H](CC(C)C)N2CCCC2)cn1. The van der Waals surface area contributed by atoms with Crippen LogP contribution >= 0.6 is 0 Å². The fourth-order valence-electron chi connectivity index (χ4n) is 3.13. The Morgan fingerprint density at radius 1 is 1.38 bits per heavy atom. The Labute approximate surface area is 144 Å². The van der Waals surface area contributed by atoms with Crippen LogP contribution in [0.5, 0.6) is 0 Å². The molecule has 1 saturated heterocycles. The van der Waals surface area contributed by atoms with E-state index in [1.807, 2.05) is 6.20 Å². The fraction of sp³-hybridized carbons (Fsp3) is 0.765. The number of nitrogens with one attached hydrogen (secondary N) is 2. The molecule has 1 aromatic heterocycles. The van der Waals surface area contributed by atoms with Crippen molar-refractivity contribution in [3.8, 4) is 0 Å². The third-order valence-corrected chi connectivity index (χ3v) is 4.31. The number of aromatic nitrogens is 2. The van der Waals surface area contributed by atoms with E-state index in [0.717, 1.165) is 19.5 Å². The summed E-state index contributed by atoms with van der Waals surface area (Å²) in [6, 6.07) is 0.247. The largest absolute Gasteiger partial charge is 0.383 e. The molecule has 0 aromatic carbocycles. The first-order valence-electron chi connectivity index (χ1n) is 8.88. The number of likely N-dealkylation sites (tertiary alicyclic amines) is 1. The molecule has 7 nitrogen and oxygen atoms in total. The molecule has 136 valence electrons. The zero-order chi connectivity index (χ0) is 17.4. The Kier molecular flexibility index (Phi) is 7.52. The van der Waals surface area contributed by atoms with E-state index in [0.29, 0.717) is 37.3 Å². The average molecular weight is 337 g/mol. The van der Waals surface area contributed by atoms with E-state index >= 15 is 0 Å². The number of urea groups is 1. The number of carbonyl (C=O) groups excluding carboxylic acids is 1. The highest BCUT2D eigenvalue weighted by atomic mass is 16.5. The number of carbonyl (C=O) groups is 1. The summed E-state index contributed by atoms with van der Waals surface area (Å²) in [4.78, 5) is 14.6. The molecule has 2 amide bonds. The number of rotatable bonds is 9. The monoisotopic (exact) mass is 337 g/mol. The molecule has 1 aliphatic heterocycles. The number of anilines is 1. The summed E-state index contributed by atoms with van der Waals surface area (Å²) in [7, 11) is 1.66. The van der Waals surface area contributed by atoms with E-state index in [2.05, 4.69) is 34.5 Å². The zero-order valence-corrected chi connectivity index (χ0v) is 15.1. The molecular formula is C17H31N5O2. The van der Waals surface area contributed by atoms with Crippen molar-refractivity contribution >= 4 is 11.7 Å². The first-order valence-corrected chi connectivity index (χ1v) is 8.88. The average Bonchev–Trinajstić information content (AvgIpc) is 3.21. The predicted molar refractivity (Wildman–Crippen MR) is 95.2 cm³/mol. The normalized spacial score (nSPS) is 16.5. The number of nitrogens with zero attached hydrogens (tertiary/aromatic N) is 3. The van der Waals surface area contributed by atoms with Crippen molar-refractivity contribution in [2.45, 2.75) is 45.7 Å². The maximum absolute atomic E-state index is 12.1. The van der Waals surface area contributed by atoms with Gasteiger partial charge in [0.1, 0.15) is 0 Å². The van der Waals surface area contributed by atoms with Gasteiger partial charge in [-0.3, -0.25) is 9.58 Å². The Hall–Kier alpha value is -1.60. The van der Waals surface area contributed by atoms with Crippen LogP contribution in [0.1, 0.15) is 33.1 Å². The minimum Gasteiger partial charge on any atom is -0.383 e. The van der Waals surface area contributed by atoms with Gasteiger partial charge in [0, 0.05) is 25.9 Å². The van der Waals surface area contributed by atoms with Crippen LogP contribution in [0.25, 0.3) is 0 Å². The van der Waals surface area contributed by atoms with Crippen LogP contribution in [0.2, 0.25) is 0 Å². The lowest BCUT2D eigenvalue weighted by molar-refractivity contribution is 0.183. The molecule has 1 atom stereocenters. The van der Waals surface area contributed by atoms with Gasteiger partial charge in [-0.05, 0) is 38.3 Å². The van der Waals surface area contributed by atoms with Gasteiger partial charge in [-0.25, -0.2) is 4.79 Å². The minimum absolute atomic E-state index is 0.172. The van der Waals surface area contributed by atoms with Gasteiger partial charge in [0.25, 0.3) is 0 Å². The molecule has 1 aliphatic rings. The van der Waals surface area contributed by atoms with E-state index < -0.39 is 0 Å². The minimum atomic E-state index is -0.172. The molecule has 0 radical (unpaired) electrons. The van der Waals surface area contributed by atoms with Gasteiger partial charge in [0.15, 0.2) is 0 Å². The first-order chi connectivity index (χ1) is 11.6. The zero-order valence-electron chi connectivity index (χ0n) is 15.1. The molecule has 2 heterocycles. The van der Waals surface area contributed by atoms with Crippen LogP contribution in [-0.2, 0) is 11.3 Å². The second-order valence-corrected chi connectivity index (χ2v) is 6.85. The van der Waals surface area contributed by atoms with Gasteiger partial charge >= 0.3 is 6.03 Å². The molecule has 0 spiro atoms. The van der Waals surface area contributed by atoms with Crippen molar-refractivity contribution < 1.29 is 9.53 Å². The molecule has 0 unspecified atom stereocenters. The van der Waals surface area contributed by atoms with Crippen LogP contribution in [-0.4, -0.2) is 60.1 Å². The highest BCUT2D eigenvalue weighted by molar-refractivity contribution is 5.88. The van der Waals surface area contributed by atoms with E-state index in [1.165, 1.54) is 12.8 Å². The lowest BCUT2D eigenvalue weighted by atomic mass is 10.0. The molecule has 0 bridgehead atoms. The highest BCUT2D eigenvalue weighted by Crippen LogP contribution is 2.17. The number of amides is 2. The van der Waals surface area contributed by atoms with Crippen LogP contribution in [0.3, 0.4) is 0 Å². The van der Waals surface area contributed by atoms with Crippen molar-refractivity contribution in [3.05, 3.63) is 12.4 Å². The van der Waals surface area contributed by atoms with E-state index in [1.54, 1.807) is 18.0 Å². The topological polar surface area (TPSA) is 71.4 Å². The molecule has 1 fully saturated rings. The van der Waals surface area contributed by atoms with Crippen molar-refractivity contribution in [3.63, 3.8) is 0 Å². The molecule has 2 rings (SSSR count). The first kappa shape index (κ1) is 18.7. The smallest absolute Gasteiger partial charge is 0.319 e. The number of hydrogen-bond donors (Lipinski definition) is 2. The molecule has 2 N–H and O–H groups in total. The van der Waals surface area contributed by atoms with Crippen LogP contribution in [0.15, 0.2) is 12.4 Å². The third kappa shape index (κ3) is 6.13. The van der Waals surface area contributed by atoms with Gasteiger partial charge < -0.3 is 15.4 Å². The summed E-state index contributed by atoms with van der Waals surface area (Å²) in [5.74, 6) is 0.625. The second-order valence-electron chi connectivity index (χ2n) is 6.85. The third-order valence-electron chi connectivity index (χ3n) is 4.31. The number of ether oxygens (including phenoxy) is 1.